The number of hydrogen-bond donors (Lipinski definition) is 1. The topological polar surface area (TPSA) is 73.0 Å². The van der Waals surface area contributed by atoms with Gasteiger partial charge in [-0.1, -0.05) is 18.2 Å². The maximum absolute atomic E-state index is 5.37. The summed E-state index contributed by atoms with van der Waals surface area (Å²) in [5, 5.41) is 16.4. The first kappa shape index (κ1) is 18.8. The van der Waals surface area contributed by atoms with E-state index in [9.17, 15) is 0 Å². The third-order valence-corrected chi connectivity index (χ3v) is 4.91. The second-order valence-corrected chi connectivity index (χ2v) is 6.86. The lowest BCUT2D eigenvalue weighted by Gasteiger charge is -2.04. The summed E-state index contributed by atoms with van der Waals surface area (Å²) in [7, 11) is 1.63. The molecule has 0 aliphatic heterocycles. The summed E-state index contributed by atoms with van der Waals surface area (Å²) in [4.78, 5) is 0. The number of para-hydroxylation sites is 1. The van der Waals surface area contributed by atoms with E-state index in [1.807, 2.05) is 73.1 Å². The van der Waals surface area contributed by atoms with Crippen molar-refractivity contribution < 1.29 is 4.74 Å². The minimum absolute atomic E-state index is 0.415. The molecule has 0 fully saturated rings. The van der Waals surface area contributed by atoms with Crippen LogP contribution in [0.5, 0.6) is 5.75 Å². The van der Waals surface area contributed by atoms with E-state index in [4.69, 9.17) is 17.0 Å². The van der Waals surface area contributed by atoms with Crippen LogP contribution in [0, 0.1) is 18.6 Å². The van der Waals surface area contributed by atoms with Crippen LogP contribution >= 0.6 is 12.2 Å². The number of hydrogen-bond acceptors (Lipinski definition) is 5. The highest BCUT2D eigenvalue weighted by atomic mass is 32.1. The number of nitrogens with zero attached hydrogens (tertiary/aromatic N) is 5. The zero-order valence-electron chi connectivity index (χ0n) is 16.3. The molecule has 0 spiro atoms. The Morgan fingerprint density at radius 1 is 1.07 bits per heavy atom. The number of aromatic nitrogens is 5. The molecule has 146 valence electrons. The van der Waals surface area contributed by atoms with Crippen LogP contribution in [0.15, 0.2) is 59.7 Å². The number of H-pyrrole nitrogens is 1. The molecule has 2 aromatic carbocycles. The number of aromatic amines is 1. The first-order chi connectivity index (χ1) is 14.1. The fraction of sp³-hybridized carbons (Fsp3) is 0.143. The zero-order valence-corrected chi connectivity index (χ0v) is 17.1. The van der Waals surface area contributed by atoms with Crippen LogP contribution in [-0.4, -0.2) is 38.0 Å². The molecule has 8 heteroatoms. The van der Waals surface area contributed by atoms with Crippen molar-refractivity contribution in [2.75, 3.05) is 7.11 Å². The van der Waals surface area contributed by atoms with Crippen LogP contribution in [0.3, 0.4) is 0 Å². The van der Waals surface area contributed by atoms with Crippen molar-refractivity contribution in [2.45, 2.75) is 13.8 Å². The van der Waals surface area contributed by atoms with Crippen molar-refractivity contribution in [2.24, 2.45) is 5.10 Å². The van der Waals surface area contributed by atoms with Crippen LogP contribution in [0.1, 0.15) is 17.0 Å². The lowest BCUT2D eigenvalue weighted by atomic mass is 10.2. The van der Waals surface area contributed by atoms with Gasteiger partial charge in [0.1, 0.15) is 5.75 Å². The van der Waals surface area contributed by atoms with Gasteiger partial charge in [0.15, 0.2) is 5.82 Å². The molecular weight excluding hydrogens is 384 g/mol. The predicted octanol–water partition coefficient (Wildman–Crippen LogP) is 4.30. The van der Waals surface area contributed by atoms with Crippen LogP contribution < -0.4 is 4.74 Å². The highest BCUT2D eigenvalue weighted by Crippen LogP contribution is 2.21. The Hall–Kier alpha value is -3.52. The molecule has 29 heavy (non-hydrogen) atoms. The Kier molecular flexibility index (Phi) is 5.09. The lowest BCUT2D eigenvalue weighted by Crippen LogP contribution is -1.99. The Morgan fingerprint density at radius 3 is 2.48 bits per heavy atom. The number of nitrogens with one attached hydrogen (secondary N) is 1. The van der Waals surface area contributed by atoms with Crippen molar-refractivity contribution >= 4 is 18.4 Å². The van der Waals surface area contributed by atoms with Gasteiger partial charge in [-0.3, -0.25) is 0 Å². The van der Waals surface area contributed by atoms with Crippen LogP contribution in [-0.2, 0) is 0 Å². The molecule has 0 unspecified atom stereocenters. The molecule has 0 atom stereocenters. The Labute approximate surface area is 173 Å². The molecule has 0 saturated carbocycles. The summed E-state index contributed by atoms with van der Waals surface area (Å²) in [5.74, 6) is 1.40. The molecule has 4 rings (SSSR count). The van der Waals surface area contributed by atoms with E-state index in [2.05, 4.69) is 20.4 Å². The summed E-state index contributed by atoms with van der Waals surface area (Å²) in [5.41, 5.74) is 4.71. The largest absolute Gasteiger partial charge is 0.497 e. The highest BCUT2D eigenvalue weighted by molar-refractivity contribution is 7.71. The summed E-state index contributed by atoms with van der Waals surface area (Å²) < 4.78 is 9.15. The fourth-order valence-electron chi connectivity index (χ4n) is 3.10. The zero-order chi connectivity index (χ0) is 20.4. The molecule has 2 heterocycles. The van der Waals surface area contributed by atoms with Gasteiger partial charge in [-0.25, -0.2) is 9.78 Å². The summed E-state index contributed by atoms with van der Waals surface area (Å²) in [6.45, 7) is 3.99. The quantitative estimate of drug-likeness (QED) is 0.398. The standard InChI is InChI=1S/C21H20N6OS/c1-14-19(15(2)26(25-14)17-7-5-4-6-8-17)13-22-27-20(23-24-21(27)29)16-9-11-18(28-3)12-10-16/h4-13H,1-3H3,(H,24,29). The molecule has 4 aromatic rings. The van der Waals surface area contributed by atoms with Gasteiger partial charge in [0.05, 0.1) is 30.4 Å². The Balaban J connectivity index is 1.71. The van der Waals surface area contributed by atoms with Gasteiger partial charge in [0, 0.05) is 11.1 Å². The van der Waals surface area contributed by atoms with E-state index in [-0.39, 0.29) is 0 Å². The predicted molar refractivity (Wildman–Crippen MR) is 115 cm³/mol. The molecule has 0 saturated heterocycles. The van der Waals surface area contributed by atoms with Gasteiger partial charge in [0.2, 0.25) is 4.77 Å². The fourth-order valence-corrected chi connectivity index (χ4v) is 3.28. The monoisotopic (exact) mass is 404 g/mol. The second-order valence-electron chi connectivity index (χ2n) is 6.47. The van der Waals surface area contributed by atoms with Gasteiger partial charge < -0.3 is 4.74 Å². The third-order valence-electron chi connectivity index (χ3n) is 4.65. The first-order valence-corrected chi connectivity index (χ1v) is 9.47. The smallest absolute Gasteiger partial charge is 0.216 e. The highest BCUT2D eigenvalue weighted by Gasteiger charge is 2.12. The SMILES string of the molecule is COc1ccc(-c2n[nH]c(=S)n2N=Cc2c(C)nn(-c3ccccc3)c2C)cc1. The van der Waals surface area contributed by atoms with Crippen LogP contribution in [0.25, 0.3) is 17.1 Å². The van der Waals surface area contributed by atoms with E-state index in [1.165, 1.54) is 0 Å². The second kappa shape index (κ2) is 7.84. The number of rotatable bonds is 5. The van der Waals surface area contributed by atoms with Gasteiger partial charge in [-0.15, -0.1) is 0 Å². The molecular formula is C21H20N6OS. The van der Waals surface area contributed by atoms with Crippen molar-refractivity contribution in [3.05, 3.63) is 76.3 Å². The molecule has 0 bridgehead atoms. The number of methoxy groups -OCH3 is 1. The number of aryl methyl sites for hydroxylation is 1. The van der Waals surface area contributed by atoms with Gasteiger partial charge in [-0.05, 0) is 62.5 Å². The maximum atomic E-state index is 5.37. The van der Waals surface area contributed by atoms with Gasteiger partial charge >= 0.3 is 0 Å². The number of ether oxygens (including phenoxy) is 1. The normalized spacial score (nSPS) is 11.3. The van der Waals surface area contributed by atoms with Gasteiger partial charge in [-0.2, -0.15) is 20.0 Å². The van der Waals surface area contributed by atoms with Crippen molar-refractivity contribution in [3.8, 4) is 22.8 Å². The Morgan fingerprint density at radius 2 is 1.79 bits per heavy atom. The average molecular weight is 404 g/mol. The molecule has 7 nitrogen and oxygen atoms in total. The summed E-state index contributed by atoms with van der Waals surface area (Å²) >= 11 is 5.37. The number of benzene rings is 2. The summed E-state index contributed by atoms with van der Waals surface area (Å²) in [6.07, 6.45) is 1.77. The van der Waals surface area contributed by atoms with Crippen molar-refractivity contribution in [1.29, 1.82) is 0 Å². The first-order valence-electron chi connectivity index (χ1n) is 9.06. The average Bonchev–Trinajstić information content (AvgIpc) is 3.26. The molecule has 2 aromatic heterocycles. The molecule has 0 radical (unpaired) electrons. The van der Waals surface area contributed by atoms with Crippen molar-refractivity contribution in [1.82, 2.24) is 24.7 Å². The van der Waals surface area contributed by atoms with Crippen molar-refractivity contribution in [3.63, 3.8) is 0 Å². The van der Waals surface area contributed by atoms with E-state index in [1.54, 1.807) is 18.0 Å². The molecule has 0 aliphatic rings. The van der Waals surface area contributed by atoms with E-state index in [0.717, 1.165) is 34.0 Å². The third kappa shape index (κ3) is 3.62. The maximum Gasteiger partial charge on any atom is 0.216 e. The van der Waals surface area contributed by atoms with E-state index in [0.29, 0.717) is 10.6 Å². The molecule has 1 N–H and O–H groups in total. The molecule has 0 aliphatic carbocycles. The van der Waals surface area contributed by atoms with Crippen LogP contribution in [0.4, 0.5) is 0 Å². The van der Waals surface area contributed by atoms with E-state index >= 15 is 0 Å². The molecule has 0 amide bonds. The van der Waals surface area contributed by atoms with E-state index < -0.39 is 0 Å². The summed E-state index contributed by atoms with van der Waals surface area (Å²) in [6, 6.07) is 17.6. The minimum atomic E-state index is 0.415. The Bertz CT molecular complexity index is 1220. The lowest BCUT2D eigenvalue weighted by molar-refractivity contribution is 0.415. The van der Waals surface area contributed by atoms with Crippen LogP contribution in [0.2, 0.25) is 0 Å². The minimum Gasteiger partial charge on any atom is -0.497 e. The van der Waals surface area contributed by atoms with Gasteiger partial charge in [0.25, 0.3) is 0 Å².